The third-order valence-corrected chi connectivity index (χ3v) is 11.5. The highest BCUT2D eigenvalue weighted by Crippen LogP contribution is 2.17. The van der Waals surface area contributed by atoms with Crippen LogP contribution in [-0.4, -0.2) is 37.2 Å². The summed E-state index contributed by atoms with van der Waals surface area (Å²) in [5.41, 5.74) is 0. The summed E-state index contributed by atoms with van der Waals surface area (Å²) in [6, 6.07) is 0. The maximum Gasteiger partial charge on any atom is 0.306 e. The summed E-state index contributed by atoms with van der Waals surface area (Å²) in [5, 5.41) is 0. The maximum absolute atomic E-state index is 12.8. The molecule has 0 radical (unpaired) electrons. The second-order valence-electron chi connectivity index (χ2n) is 17.9. The normalized spacial score (nSPS) is 11.9. The molecule has 0 aromatic carbocycles. The van der Waals surface area contributed by atoms with Gasteiger partial charge in [-0.2, -0.15) is 0 Å². The van der Waals surface area contributed by atoms with Gasteiger partial charge in [0.15, 0.2) is 6.10 Å². The average molecular weight is 807 g/mol. The fourth-order valence-corrected chi connectivity index (χ4v) is 7.69. The second kappa shape index (κ2) is 45.5. The molecule has 0 fully saturated rings. The minimum atomic E-state index is -0.760. The number of esters is 3. The van der Waals surface area contributed by atoms with Gasteiger partial charge in [0.2, 0.25) is 0 Å². The second-order valence-corrected chi connectivity index (χ2v) is 17.9. The van der Waals surface area contributed by atoms with Crippen LogP contribution < -0.4 is 0 Å². The Hall–Kier alpha value is -1.59. The smallest absolute Gasteiger partial charge is 0.306 e. The first-order chi connectivity index (χ1) is 27.9. The molecule has 0 bridgehead atoms. The van der Waals surface area contributed by atoms with Gasteiger partial charge in [0.05, 0.1) is 0 Å². The van der Waals surface area contributed by atoms with Gasteiger partial charge in [0.25, 0.3) is 0 Å². The van der Waals surface area contributed by atoms with Gasteiger partial charge in [-0.25, -0.2) is 0 Å². The van der Waals surface area contributed by atoms with Gasteiger partial charge >= 0.3 is 17.9 Å². The number of hydrogen-bond donors (Lipinski definition) is 0. The molecule has 0 aliphatic carbocycles. The summed E-state index contributed by atoms with van der Waals surface area (Å²) in [6.45, 7) is 9.02. The summed E-state index contributed by atoms with van der Waals surface area (Å²) < 4.78 is 16.8. The first kappa shape index (κ1) is 55.4. The molecule has 0 heterocycles. The molecule has 0 spiro atoms. The molecule has 0 aliphatic heterocycles. The number of hydrogen-bond acceptors (Lipinski definition) is 6. The van der Waals surface area contributed by atoms with Crippen LogP contribution in [0.4, 0.5) is 0 Å². The van der Waals surface area contributed by atoms with Crippen molar-refractivity contribution in [2.24, 2.45) is 5.92 Å². The van der Waals surface area contributed by atoms with Gasteiger partial charge in [-0.15, -0.1) is 0 Å². The van der Waals surface area contributed by atoms with Crippen molar-refractivity contribution in [1.82, 2.24) is 0 Å². The summed E-state index contributed by atoms with van der Waals surface area (Å²) in [5.74, 6) is -0.0121. The molecular weight excluding hydrogens is 709 g/mol. The van der Waals surface area contributed by atoms with Crippen molar-refractivity contribution in [3.8, 4) is 0 Å². The van der Waals surface area contributed by atoms with E-state index in [-0.39, 0.29) is 31.1 Å². The van der Waals surface area contributed by atoms with Crippen LogP contribution in [0.5, 0.6) is 0 Å². The molecule has 1 atom stereocenters. The molecule has 6 nitrogen and oxygen atoms in total. The molecule has 0 aromatic heterocycles. The lowest BCUT2D eigenvalue weighted by Crippen LogP contribution is -2.30. The van der Waals surface area contributed by atoms with E-state index in [1.165, 1.54) is 180 Å². The molecule has 0 unspecified atom stereocenters. The lowest BCUT2D eigenvalue weighted by atomic mass is 10.0. The summed E-state index contributed by atoms with van der Waals surface area (Å²) in [7, 11) is 0. The first-order valence-corrected chi connectivity index (χ1v) is 25.4. The topological polar surface area (TPSA) is 78.9 Å². The summed E-state index contributed by atoms with van der Waals surface area (Å²) in [6.07, 6.45) is 46.5. The molecule has 57 heavy (non-hydrogen) atoms. The van der Waals surface area contributed by atoms with Crippen molar-refractivity contribution in [3.63, 3.8) is 0 Å². The zero-order chi connectivity index (χ0) is 41.7. The largest absolute Gasteiger partial charge is 0.462 e. The van der Waals surface area contributed by atoms with Gasteiger partial charge in [-0.1, -0.05) is 246 Å². The highest BCUT2D eigenvalue weighted by atomic mass is 16.6. The maximum atomic E-state index is 12.8. The van der Waals surface area contributed by atoms with Crippen molar-refractivity contribution in [2.45, 2.75) is 291 Å². The minimum absolute atomic E-state index is 0.0629. The van der Waals surface area contributed by atoms with Gasteiger partial charge in [0.1, 0.15) is 13.2 Å². The highest BCUT2D eigenvalue weighted by Gasteiger charge is 2.19. The van der Waals surface area contributed by atoms with Crippen molar-refractivity contribution < 1.29 is 28.6 Å². The Morgan fingerprint density at radius 2 is 0.579 bits per heavy atom. The van der Waals surface area contributed by atoms with E-state index in [4.69, 9.17) is 14.2 Å². The van der Waals surface area contributed by atoms with E-state index >= 15 is 0 Å². The fraction of sp³-hybridized carbons (Fsp3) is 0.941. The Morgan fingerprint density at radius 3 is 0.860 bits per heavy atom. The molecule has 6 heteroatoms. The number of rotatable bonds is 46. The molecular formula is C51H98O6. The van der Waals surface area contributed by atoms with Gasteiger partial charge in [0, 0.05) is 19.3 Å². The van der Waals surface area contributed by atoms with Crippen LogP contribution in [0.3, 0.4) is 0 Å². The van der Waals surface area contributed by atoms with Gasteiger partial charge in [-0.05, 0) is 25.2 Å². The van der Waals surface area contributed by atoms with Crippen LogP contribution >= 0.6 is 0 Å². The predicted octanol–water partition coefficient (Wildman–Crippen LogP) is 16.3. The van der Waals surface area contributed by atoms with E-state index in [0.29, 0.717) is 19.3 Å². The number of carbonyl (C=O) groups is 3. The molecule has 0 saturated heterocycles. The van der Waals surface area contributed by atoms with Crippen LogP contribution in [0.1, 0.15) is 285 Å². The highest BCUT2D eigenvalue weighted by molar-refractivity contribution is 5.71. The minimum Gasteiger partial charge on any atom is -0.462 e. The Balaban J connectivity index is 4.30. The van der Waals surface area contributed by atoms with Crippen LogP contribution in [0, 0.1) is 5.92 Å². The summed E-state index contributed by atoms with van der Waals surface area (Å²) >= 11 is 0. The molecule has 0 amide bonds. The lowest BCUT2D eigenvalue weighted by Gasteiger charge is -2.18. The average Bonchev–Trinajstić information content (AvgIpc) is 3.19. The van der Waals surface area contributed by atoms with Crippen molar-refractivity contribution in [1.29, 1.82) is 0 Å². The fourth-order valence-electron chi connectivity index (χ4n) is 7.69. The quantitative estimate of drug-likeness (QED) is 0.0346. The molecule has 0 saturated carbocycles. The van der Waals surface area contributed by atoms with E-state index in [0.717, 1.165) is 63.7 Å². The van der Waals surface area contributed by atoms with E-state index in [2.05, 4.69) is 27.7 Å². The van der Waals surface area contributed by atoms with E-state index in [9.17, 15) is 14.4 Å². The number of ether oxygens (including phenoxy) is 3. The molecule has 0 N–H and O–H groups in total. The molecule has 0 aromatic rings. The lowest BCUT2D eigenvalue weighted by molar-refractivity contribution is -0.167. The Kier molecular flexibility index (Phi) is 44.2. The Bertz CT molecular complexity index is 857. The number of carbonyl (C=O) groups excluding carboxylic acids is 3. The third kappa shape index (κ3) is 45.3. The van der Waals surface area contributed by atoms with E-state index in [1.807, 2.05) is 0 Å². The predicted molar refractivity (Wildman–Crippen MR) is 243 cm³/mol. The monoisotopic (exact) mass is 807 g/mol. The first-order valence-electron chi connectivity index (χ1n) is 25.4. The summed E-state index contributed by atoms with van der Waals surface area (Å²) in [4.78, 5) is 37.9. The van der Waals surface area contributed by atoms with Gasteiger partial charge in [-0.3, -0.25) is 14.4 Å². The number of unbranched alkanes of at least 4 members (excludes halogenated alkanes) is 33. The molecule has 0 aliphatic rings. The van der Waals surface area contributed by atoms with Crippen LogP contribution in [0.15, 0.2) is 0 Å². The third-order valence-electron chi connectivity index (χ3n) is 11.5. The van der Waals surface area contributed by atoms with Crippen LogP contribution in [0.25, 0.3) is 0 Å². The Labute approximate surface area is 355 Å². The van der Waals surface area contributed by atoms with Crippen LogP contribution in [-0.2, 0) is 28.6 Å². The van der Waals surface area contributed by atoms with Crippen molar-refractivity contribution >= 4 is 17.9 Å². The standard InChI is InChI=1S/C51H98O6/c1-5-7-9-11-13-15-17-18-24-28-32-36-40-44-51(54)57-48(45-55-49(52)42-38-34-30-26-21-16-14-12-10-8-6-2)46-56-50(53)43-39-35-31-27-23-20-19-22-25-29-33-37-41-47(3)4/h47-48H,5-46H2,1-4H3/t48-/m1/s1. The SMILES string of the molecule is CCCCCCCCCCCCCCCC(=O)O[C@H](COC(=O)CCCCCCCCCCCCC)COC(=O)CCCCCCCCCCCCCCC(C)C. The zero-order valence-electron chi connectivity index (χ0n) is 38.8. The van der Waals surface area contributed by atoms with Crippen molar-refractivity contribution in [2.75, 3.05) is 13.2 Å². The molecule has 0 rings (SSSR count). The van der Waals surface area contributed by atoms with Crippen molar-refractivity contribution in [3.05, 3.63) is 0 Å². The van der Waals surface area contributed by atoms with E-state index < -0.39 is 6.10 Å². The Morgan fingerprint density at radius 1 is 0.333 bits per heavy atom. The van der Waals surface area contributed by atoms with Crippen LogP contribution in [0.2, 0.25) is 0 Å². The zero-order valence-corrected chi connectivity index (χ0v) is 38.8. The van der Waals surface area contributed by atoms with E-state index in [1.54, 1.807) is 0 Å². The molecule has 338 valence electrons. The van der Waals surface area contributed by atoms with Gasteiger partial charge < -0.3 is 14.2 Å².